The average molecular weight is 434 g/mol. The van der Waals surface area contributed by atoms with Crippen LogP contribution in [0.2, 0.25) is 0 Å². The van der Waals surface area contributed by atoms with Gasteiger partial charge in [0.25, 0.3) is 0 Å². The van der Waals surface area contributed by atoms with E-state index in [0.29, 0.717) is 42.5 Å². The Balaban J connectivity index is 1.59. The van der Waals surface area contributed by atoms with E-state index in [1.807, 2.05) is 30.9 Å². The van der Waals surface area contributed by atoms with E-state index in [1.54, 1.807) is 12.4 Å². The monoisotopic (exact) mass is 434 g/mol. The predicted molar refractivity (Wildman–Crippen MR) is 115 cm³/mol. The van der Waals surface area contributed by atoms with E-state index < -0.39 is 11.6 Å². The molecule has 162 valence electrons. The van der Waals surface area contributed by atoms with Gasteiger partial charge in [-0.2, -0.15) is 4.98 Å². The van der Waals surface area contributed by atoms with Crippen LogP contribution < -0.4 is 4.90 Å². The summed E-state index contributed by atoms with van der Waals surface area (Å²) in [5.74, 6) is -0.976. The second kappa shape index (κ2) is 8.16. The minimum absolute atomic E-state index is 0.146. The highest BCUT2D eigenvalue weighted by molar-refractivity contribution is 5.88. The summed E-state index contributed by atoms with van der Waals surface area (Å²) in [5, 5.41) is 0. The Hall–Kier alpha value is -3.59. The van der Waals surface area contributed by atoms with E-state index in [-0.39, 0.29) is 17.4 Å². The molecule has 4 aromatic rings. The van der Waals surface area contributed by atoms with Crippen LogP contribution in [0.5, 0.6) is 0 Å². The van der Waals surface area contributed by atoms with Crippen LogP contribution in [0.4, 0.5) is 14.7 Å². The number of hydrogen-bond donors (Lipinski definition) is 0. The summed E-state index contributed by atoms with van der Waals surface area (Å²) in [4.78, 5) is 24.3. The smallest absolute Gasteiger partial charge is 0.228 e. The Labute approximate surface area is 183 Å². The molecular formula is C23H20F2N6O. The molecule has 1 saturated heterocycles. The van der Waals surface area contributed by atoms with Crippen molar-refractivity contribution in [2.45, 2.75) is 20.0 Å². The number of aromatic nitrogens is 5. The summed E-state index contributed by atoms with van der Waals surface area (Å²) in [7, 11) is 0. The number of rotatable bonds is 3. The van der Waals surface area contributed by atoms with E-state index in [0.717, 1.165) is 17.3 Å². The zero-order chi connectivity index (χ0) is 22.2. The summed E-state index contributed by atoms with van der Waals surface area (Å²) >= 11 is 0. The van der Waals surface area contributed by atoms with Gasteiger partial charge in [0.1, 0.15) is 28.9 Å². The average Bonchev–Trinajstić information content (AvgIpc) is 2.78. The molecular weight excluding hydrogens is 414 g/mol. The Morgan fingerprint density at radius 3 is 2.69 bits per heavy atom. The van der Waals surface area contributed by atoms with E-state index in [2.05, 4.69) is 24.9 Å². The van der Waals surface area contributed by atoms with E-state index in [9.17, 15) is 8.78 Å². The third-order valence-electron chi connectivity index (χ3n) is 5.34. The molecule has 4 heterocycles. The first-order valence-electron chi connectivity index (χ1n) is 10.2. The number of aryl methyl sites for hydroxylation is 2. The number of nitrogens with zero attached hydrogens (tertiary/aromatic N) is 6. The molecule has 0 N–H and O–H groups in total. The number of anilines is 1. The van der Waals surface area contributed by atoms with E-state index in [4.69, 9.17) is 4.74 Å². The van der Waals surface area contributed by atoms with Gasteiger partial charge in [-0.1, -0.05) is 0 Å². The van der Waals surface area contributed by atoms with Gasteiger partial charge in [0, 0.05) is 36.3 Å². The van der Waals surface area contributed by atoms with Gasteiger partial charge in [0.15, 0.2) is 5.65 Å². The van der Waals surface area contributed by atoms with Crippen molar-refractivity contribution < 1.29 is 13.5 Å². The number of benzene rings is 1. The first-order chi connectivity index (χ1) is 15.5. The fourth-order valence-corrected chi connectivity index (χ4v) is 3.79. The Kier molecular flexibility index (Phi) is 5.18. The highest BCUT2D eigenvalue weighted by Gasteiger charge is 2.26. The maximum absolute atomic E-state index is 14.7. The molecule has 1 aliphatic rings. The maximum Gasteiger partial charge on any atom is 0.228 e. The van der Waals surface area contributed by atoms with Gasteiger partial charge in [-0.15, -0.1) is 0 Å². The molecule has 5 rings (SSSR count). The Bertz CT molecular complexity index is 1320. The van der Waals surface area contributed by atoms with Crippen molar-refractivity contribution in [2.75, 3.05) is 24.6 Å². The van der Waals surface area contributed by atoms with Crippen molar-refractivity contribution in [2.24, 2.45) is 0 Å². The van der Waals surface area contributed by atoms with Crippen LogP contribution in [0.3, 0.4) is 0 Å². The predicted octanol–water partition coefficient (Wildman–Crippen LogP) is 3.95. The van der Waals surface area contributed by atoms with Crippen LogP contribution in [-0.2, 0) is 4.74 Å². The molecule has 9 heteroatoms. The summed E-state index contributed by atoms with van der Waals surface area (Å²) in [6.07, 6.45) is 3.15. The number of ether oxygens (including phenoxy) is 1. The molecule has 0 bridgehead atoms. The molecule has 32 heavy (non-hydrogen) atoms. The standard InChI is InChI=1S/C23H20F2N6O/c1-13-9-15(5-6-26-13)19-12-31(7-8-32-19)23-29-20(17-4-3-16(24)10-18(17)25)21-22(30-23)28-14(2)11-27-21/h3-6,9-11,19H,7-8,12H2,1-2H3. The van der Waals surface area contributed by atoms with Gasteiger partial charge in [-0.05, 0) is 43.7 Å². The lowest BCUT2D eigenvalue weighted by Crippen LogP contribution is -2.39. The highest BCUT2D eigenvalue weighted by Crippen LogP contribution is 2.31. The first-order valence-corrected chi connectivity index (χ1v) is 10.2. The molecule has 3 aromatic heterocycles. The molecule has 1 aromatic carbocycles. The minimum atomic E-state index is -0.717. The topological polar surface area (TPSA) is 76.9 Å². The van der Waals surface area contributed by atoms with Gasteiger partial charge >= 0.3 is 0 Å². The van der Waals surface area contributed by atoms with Crippen LogP contribution in [-0.4, -0.2) is 44.6 Å². The lowest BCUT2D eigenvalue weighted by atomic mass is 10.1. The third-order valence-corrected chi connectivity index (χ3v) is 5.34. The third kappa shape index (κ3) is 3.87. The van der Waals surface area contributed by atoms with Crippen LogP contribution in [0.1, 0.15) is 23.1 Å². The fraction of sp³-hybridized carbons (Fsp3) is 0.261. The largest absolute Gasteiger partial charge is 0.370 e. The number of halogens is 2. The number of fused-ring (bicyclic) bond motifs is 1. The van der Waals surface area contributed by atoms with Gasteiger partial charge in [0.05, 0.1) is 18.8 Å². The van der Waals surface area contributed by atoms with Gasteiger partial charge in [-0.3, -0.25) is 4.98 Å². The molecule has 0 radical (unpaired) electrons. The number of hydrogen-bond acceptors (Lipinski definition) is 7. The molecule has 1 aliphatic heterocycles. The second-order valence-electron chi connectivity index (χ2n) is 7.72. The zero-order valence-electron chi connectivity index (χ0n) is 17.6. The van der Waals surface area contributed by atoms with Crippen molar-refractivity contribution in [3.63, 3.8) is 0 Å². The summed E-state index contributed by atoms with van der Waals surface area (Å²) in [6, 6.07) is 7.31. The van der Waals surface area contributed by atoms with Crippen LogP contribution in [0.15, 0.2) is 42.7 Å². The Morgan fingerprint density at radius 1 is 1.00 bits per heavy atom. The van der Waals surface area contributed by atoms with Gasteiger partial charge in [-0.25, -0.2) is 23.7 Å². The summed E-state index contributed by atoms with van der Waals surface area (Å²) < 4.78 is 34.1. The quantitative estimate of drug-likeness (QED) is 0.483. The molecule has 1 unspecified atom stereocenters. The SMILES string of the molecule is Cc1cc(C2CN(c3nc(-c4ccc(F)cc4F)c4ncc(C)nc4n3)CCO2)ccn1. The molecule has 0 saturated carbocycles. The molecule has 7 nitrogen and oxygen atoms in total. The zero-order valence-corrected chi connectivity index (χ0v) is 17.6. The normalized spacial score (nSPS) is 16.5. The van der Waals surface area contributed by atoms with E-state index >= 15 is 0 Å². The van der Waals surface area contributed by atoms with Crippen molar-refractivity contribution in [3.05, 3.63) is 71.3 Å². The molecule has 1 fully saturated rings. The number of pyridine rings is 1. The lowest BCUT2D eigenvalue weighted by molar-refractivity contribution is 0.0391. The fourth-order valence-electron chi connectivity index (χ4n) is 3.79. The molecule has 0 spiro atoms. The van der Waals surface area contributed by atoms with Crippen molar-refractivity contribution in [1.29, 1.82) is 0 Å². The Morgan fingerprint density at radius 2 is 1.88 bits per heavy atom. The first kappa shape index (κ1) is 20.3. The van der Waals surface area contributed by atoms with Gasteiger partial charge in [0.2, 0.25) is 5.95 Å². The molecule has 1 atom stereocenters. The second-order valence-corrected chi connectivity index (χ2v) is 7.72. The molecule has 0 amide bonds. The van der Waals surface area contributed by atoms with Crippen LogP contribution in [0, 0.1) is 25.5 Å². The number of morpholine rings is 1. The highest BCUT2D eigenvalue weighted by atomic mass is 19.1. The van der Waals surface area contributed by atoms with Crippen LogP contribution >= 0.6 is 0 Å². The molecule has 0 aliphatic carbocycles. The van der Waals surface area contributed by atoms with Crippen molar-refractivity contribution in [3.8, 4) is 11.3 Å². The van der Waals surface area contributed by atoms with Crippen molar-refractivity contribution in [1.82, 2.24) is 24.9 Å². The maximum atomic E-state index is 14.7. The summed E-state index contributed by atoms with van der Waals surface area (Å²) in [5.41, 5.74) is 3.75. The van der Waals surface area contributed by atoms with E-state index in [1.165, 1.54) is 12.1 Å². The minimum Gasteiger partial charge on any atom is -0.370 e. The van der Waals surface area contributed by atoms with Gasteiger partial charge < -0.3 is 9.64 Å². The van der Waals surface area contributed by atoms with Crippen molar-refractivity contribution >= 4 is 17.1 Å². The summed E-state index contributed by atoms with van der Waals surface area (Å²) in [6.45, 7) is 5.30. The lowest BCUT2D eigenvalue weighted by Gasteiger charge is -2.33. The van der Waals surface area contributed by atoms with Crippen LogP contribution in [0.25, 0.3) is 22.4 Å².